The molecule has 0 atom stereocenters. The van der Waals surface area contributed by atoms with Crippen molar-refractivity contribution in [1.29, 1.82) is 0 Å². The highest BCUT2D eigenvalue weighted by atomic mass is 35.5. The molecule has 0 bridgehead atoms. The Labute approximate surface area is 114 Å². The van der Waals surface area contributed by atoms with E-state index in [-0.39, 0.29) is 23.5 Å². The van der Waals surface area contributed by atoms with E-state index >= 15 is 0 Å². The lowest BCUT2D eigenvalue weighted by molar-refractivity contribution is 0.0685. The van der Waals surface area contributed by atoms with Crippen molar-refractivity contribution in [2.75, 3.05) is 0 Å². The minimum Gasteiger partial charge on any atom is -0.478 e. The lowest BCUT2D eigenvalue weighted by atomic mass is 10.2. The van der Waals surface area contributed by atoms with E-state index in [9.17, 15) is 9.59 Å². The lowest BCUT2D eigenvalue weighted by Gasteiger charge is -2.01. The number of halogens is 1. The van der Waals surface area contributed by atoms with Crippen LogP contribution in [0.15, 0.2) is 36.7 Å². The van der Waals surface area contributed by atoms with Gasteiger partial charge in [0, 0.05) is 12.4 Å². The van der Waals surface area contributed by atoms with Gasteiger partial charge in [0.15, 0.2) is 0 Å². The zero-order valence-corrected chi connectivity index (χ0v) is 10.3. The summed E-state index contributed by atoms with van der Waals surface area (Å²) in [5, 5.41) is 17.4. The Bertz CT molecular complexity index is 541. The molecular weight excluding hydrogens is 272 g/mol. The molecule has 6 nitrogen and oxygen atoms in total. The maximum Gasteiger partial charge on any atom is 0.337 e. The summed E-state index contributed by atoms with van der Waals surface area (Å²) in [5.74, 6) is -2.11. The van der Waals surface area contributed by atoms with Crippen LogP contribution in [0.2, 0.25) is 0 Å². The standard InChI is InChI=1S/C12H8N2O4.ClH/c15-11(16)7-1-3-9(13-5-7)10-4-2-8(6-14-10)12(17)18;/h1-6H,(H,15,16)(H,17,18);1H. The summed E-state index contributed by atoms with van der Waals surface area (Å²) in [5.41, 5.74) is 1.13. The molecule has 7 heteroatoms. The van der Waals surface area contributed by atoms with Crippen LogP contribution in [0, 0.1) is 0 Å². The Kier molecular flexibility index (Phi) is 4.55. The summed E-state index contributed by atoms with van der Waals surface area (Å²) in [6, 6.07) is 5.87. The third-order valence-electron chi connectivity index (χ3n) is 2.28. The van der Waals surface area contributed by atoms with Crippen molar-refractivity contribution in [1.82, 2.24) is 9.97 Å². The molecule has 2 rings (SSSR count). The minimum atomic E-state index is -1.05. The zero-order valence-electron chi connectivity index (χ0n) is 9.48. The average molecular weight is 281 g/mol. The normalized spacial score (nSPS) is 9.47. The second kappa shape index (κ2) is 5.92. The fraction of sp³-hybridized carbons (Fsp3) is 0. The highest BCUT2D eigenvalue weighted by molar-refractivity contribution is 5.88. The van der Waals surface area contributed by atoms with Crippen LogP contribution in [0.3, 0.4) is 0 Å². The number of rotatable bonds is 3. The highest BCUT2D eigenvalue weighted by Gasteiger charge is 2.07. The van der Waals surface area contributed by atoms with Gasteiger partial charge >= 0.3 is 11.9 Å². The largest absolute Gasteiger partial charge is 0.478 e. The van der Waals surface area contributed by atoms with Gasteiger partial charge in [-0.05, 0) is 24.3 Å². The first-order valence-electron chi connectivity index (χ1n) is 4.97. The van der Waals surface area contributed by atoms with Crippen LogP contribution in [0.4, 0.5) is 0 Å². The van der Waals surface area contributed by atoms with Crippen molar-refractivity contribution < 1.29 is 19.8 Å². The molecule has 0 unspecified atom stereocenters. The van der Waals surface area contributed by atoms with E-state index in [0.717, 1.165) is 0 Å². The van der Waals surface area contributed by atoms with Gasteiger partial charge in [-0.25, -0.2) is 9.59 Å². The van der Waals surface area contributed by atoms with Gasteiger partial charge in [-0.2, -0.15) is 0 Å². The quantitative estimate of drug-likeness (QED) is 0.891. The number of hydrogen-bond donors (Lipinski definition) is 2. The van der Waals surface area contributed by atoms with E-state index in [4.69, 9.17) is 10.2 Å². The van der Waals surface area contributed by atoms with Crippen LogP contribution in [0.25, 0.3) is 11.4 Å². The smallest absolute Gasteiger partial charge is 0.337 e. The summed E-state index contributed by atoms with van der Waals surface area (Å²) in [4.78, 5) is 29.2. The van der Waals surface area contributed by atoms with Crippen LogP contribution in [-0.4, -0.2) is 32.1 Å². The molecule has 0 fully saturated rings. The summed E-state index contributed by atoms with van der Waals surface area (Å²) in [6.07, 6.45) is 2.45. The highest BCUT2D eigenvalue weighted by Crippen LogP contribution is 2.14. The van der Waals surface area contributed by atoms with Gasteiger partial charge in [0.05, 0.1) is 22.5 Å². The molecule has 2 aromatic heterocycles. The Morgan fingerprint density at radius 3 is 1.37 bits per heavy atom. The molecule has 0 aliphatic rings. The summed E-state index contributed by atoms with van der Waals surface area (Å²) in [6.45, 7) is 0. The fourth-order valence-corrected chi connectivity index (χ4v) is 1.34. The Hall–Kier alpha value is -2.47. The van der Waals surface area contributed by atoms with E-state index in [0.29, 0.717) is 11.4 Å². The number of nitrogens with zero attached hydrogens (tertiary/aromatic N) is 2. The molecule has 0 aliphatic carbocycles. The maximum absolute atomic E-state index is 10.6. The van der Waals surface area contributed by atoms with Crippen LogP contribution in [0.5, 0.6) is 0 Å². The Morgan fingerprint density at radius 2 is 1.16 bits per heavy atom. The molecule has 0 amide bonds. The van der Waals surface area contributed by atoms with Crippen molar-refractivity contribution in [2.45, 2.75) is 0 Å². The number of aromatic carboxylic acids is 2. The van der Waals surface area contributed by atoms with E-state index in [1.165, 1.54) is 36.7 Å². The van der Waals surface area contributed by atoms with Crippen molar-refractivity contribution in [3.05, 3.63) is 47.8 Å². The molecule has 2 aromatic rings. The van der Waals surface area contributed by atoms with E-state index in [1.807, 2.05) is 0 Å². The maximum atomic E-state index is 10.6. The number of carboxylic acids is 2. The number of hydrogen-bond acceptors (Lipinski definition) is 4. The van der Waals surface area contributed by atoms with Gasteiger partial charge in [0.1, 0.15) is 0 Å². The Balaban J connectivity index is 0.00000180. The van der Waals surface area contributed by atoms with E-state index < -0.39 is 11.9 Å². The molecule has 2 heterocycles. The molecule has 98 valence electrons. The molecule has 0 saturated heterocycles. The average Bonchev–Trinajstić information content (AvgIpc) is 2.39. The number of aromatic nitrogens is 2. The van der Waals surface area contributed by atoms with Crippen molar-refractivity contribution >= 4 is 24.3 Å². The molecule has 0 aliphatic heterocycles. The predicted octanol–water partition coefficient (Wildman–Crippen LogP) is 1.96. The fourth-order valence-electron chi connectivity index (χ4n) is 1.34. The van der Waals surface area contributed by atoms with Crippen LogP contribution in [0.1, 0.15) is 20.7 Å². The van der Waals surface area contributed by atoms with Crippen LogP contribution < -0.4 is 0 Å². The van der Waals surface area contributed by atoms with Crippen LogP contribution >= 0.6 is 12.4 Å². The molecule has 2 N–H and O–H groups in total. The van der Waals surface area contributed by atoms with Crippen molar-refractivity contribution in [2.24, 2.45) is 0 Å². The molecule has 0 aromatic carbocycles. The first-order valence-corrected chi connectivity index (χ1v) is 4.97. The van der Waals surface area contributed by atoms with Gasteiger partial charge in [-0.15, -0.1) is 12.4 Å². The zero-order chi connectivity index (χ0) is 13.1. The summed E-state index contributed by atoms with van der Waals surface area (Å²) in [7, 11) is 0. The van der Waals surface area contributed by atoms with Gasteiger partial charge < -0.3 is 10.2 Å². The lowest BCUT2D eigenvalue weighted by Crippen LogP contribution is -1.99. The van der Waals surface area contributed by atoms with Gasteiger partial charge in [-0.1, -0.05) is 0 Å². The van der Waals surface area contributed by atoms with Gasteiger partial charge in [-0.3, -0.25) is 9.97 Å². The molecule has 0 radical (unpaired) electrons. The Morgan fingerprint density at radius 1 is 0.789 bits per heavy atom. The topological polar surface area (TPSA) is 100 Å². The second-order valence-electron chi connectivity index (χ2n) is 3.47. The van der Waals surface area contributed by atoms with Crippen molar-refractivity contribution in [3.63, 3.8) is 0 Å². The molecule has 0 saturated carbocycles. The van der Waals surface area contributed by atoms with Crippen molar-refractivity contribution in [3.8, 4) is 11.4 Å². The second-order valence-corrected chi connectivity index (χ2v) is 3.47. The number of carbonyl (C=O) groups is 2. The van der Waals surface area contributed by atoms with E-state index in [1.54, 1.807) is 0 Å². The summed E-state index contributed by atoms with van der Waals surface area (Å²) >= 11 is 0. The SMILES string of the molecule is Cl.O=C(O)c1ccc(-c2ccc(C(=O)O)cn2)nc1. The molecule has 19 heavy (non-hydrogen) atoms. The van der Waals surface area contributed by atoms with E-state index in [2.05, 4.69) is 9.97 Å². The van der Waals surface area contributed by atoms with Gasteiger partial charge in [0.2, 0.25) is 0 Å². The number of pyridine rings is 2. The first-order chi connectivity index (χ1) is 8.58. The van der Waals surface area contributed by atoms with Crippen LogP contribution in [-0.2, 0) is 0 Å². The first kappa shape index (κ1) is 14.6. The summed E-state index contributed by atoms with van der Waals surface area (Å²) < 4.78 is 0. The predicted molar refractivity (Wildman–Crippen MR) is 68.6 cm³/mol. The third kappa shape index (κ3) is 3.26. The molecular formula is C12H9ClN2O4. The number of carboxylic acid groups (broad SMARTS) is 2. The molecule has 0 spiro atoms. The minimum absolute atomic E-state index is 0. The van der Waals surface area contributed by atoms with Gasteiger partial charge in [0.25, 0.3) is 0 Å². The monoisotopic (exact) mass is 280 g/mol. The third-order valence-corrected chi connectivity index (χ3v) is 2.28.